The van der Waals surface area contributed by atoms with Crippen LogP contribution in [0.25, 0.3) is 0 Å². The van der Waals surface area contributed by atoms with Crippen LogP contribution in [0.3, 0.4) is 0 Å². The second-order valence-corrected chi connectivity index (χ2v) is 7.23. The van der Waals surface area contributed by atoms with Gasteiger partial charge in [-0.2, -0.15) is 0 Å². The maximum atomic E-state index is 3.61. The van der Waals surface area contributed by atoms with E-state index < -0.39 is 0 Å². The van der Waals surface area contributed by atoms with E-state index in [4.69, 9.17) is 0 Å². The normalized spacial score (nSPS) is 21.9. The van der Waals surface area contributed by atoms with E-state index >= 15 is 0 Å². The van der Waals surface area contributed by atoms with Gasteiger partial charge in [-0.15, -0.1) is 0 Å². The smallest absolute Gasteiger partial charge is 0.0340 e. The minimum Gasteiger partial charge on any atom is -0.385 e. The van der Waals surface area contributed by atoms with Gasteiger partial charge in [0.2, 0.25) is 0 Å². The zero-order chi connectivity index (χ0) is 15.2. The van der Waals surface area contributed by atoms with E-state index in [2.05, 4.69) is 46.7 Å². The Morgan fingerprint density at radius 3 is 2.41 bits per heavy atom. The molecular formula is C19H31N3. The second kappa shape index (κ2) is 7.98. The molecule has 122 valence electrons. The van der Waals surface area contributed by atoms with Gasteiger partial charge in [-0.1, -0.05) is 19.1 Å². The number of likely N-dealkylation sites (tertiary alicyclic amines) is 1. The van der Waals surface area contributed by atoms with E-state index in [-0.39, 0.29) is 0 Å². The van der Waals surface area contributed by atoms with Crippen LogP contribution in [0, 0.1) is 11.8 Å². The van der Waals surface area contributed by atoms with Crippen LogP contribution in [0.1, 0.15) is 38.2 Å². The van der Waals surface area contributed by atoms with Crippen molar-refractivity contribution in [3.05, 3.63) is 29.8 Å². The molecule has 1 aromatic rings. The third-order valence-corrected chi connectivity index (χ3v) is 5.29. The fraction of sp³-hybridized carbons (Fsp3) is 0.684. The monoisotopic (exact) mass is 301 g/mol. The molecule has 2 saturated heterocycles. The maximum Gasteiger partial charge on any atom is 0.0340 e. The topological polar surface area (TPSA) is 27.3 Å². The van der Waals surface area contributed by atoms with E-state index in [0.717, 1.165) is 24.9 Å². The Kier molecular flexibility index (Phi) is 5.74. The molecule has 2 aliphatic rings. The molecule has 0 atom stereocenters. The van der Waals surface area contributed by atoms with E-state index in [0.29, 0.717) is 0 Å². The Morgan fingerprint density at radius 1 is 1.05 bits per heavy atom. The molecule has 0 aromatic heterocycles. The van der Waals surface area contributed by atoms with Crippen molar-refractivity contribution in [2.45, 2.75) is 39.2 Å². The molecule has 0 bridgehead atoms. The highest BCUT2D eigenvalue weighted by Gasteiger charge is 2.15. The number of anilines is 1. The molecule has 0 radical (unpaired) electrons. The molecule has 22 heavy (non-hydrogen) atoms. The molecular weight excluding hydrogens is 270 g/mol. The van der Waals surface area contributed by atoms with Crippen molar-refractivity contribution in [3.63, 3.8) is 0 Å². The van der Waals surface area contributed by atoms with Gasteiger partial charge in [0, 0.05) is 18.8 Å². The quantitative estimate of drug-likeness (QED) is 0.873. The van der Waals surface area contributed by atoms with Gasteiger partial charge in [0.15, 0.2) is 0 Å². The first-order chi connectivity index (χ1) is 10.8. The fourth-order valence-electron chi connectivity index (χ4n) is 3.55. The van der Waals surface area contributed by atoms with Crippen LogP contribution in [0.2, 0.25) is 0 Å². The Hall–Kier alpha value is -1.06. The Bertz CT molecular complexity index is 428. The fourth-order valence-corrected chi connectivity index (χ4v) is 3.55. The first-order valence-corrected chi connectivity index (χ1v) is 9.05. The van der Waals surface area contributed by atoms with Gasteiger partial charge in [-0.3, -0.25) is 4.90 Å². The summed E-state index contributed by atoms with van der Waals surface area (Å²) in [5.74, 6) is 1.74. The number of hydrogen-bond acceptors (Lipinski definition) is 3. The van der Waals surface area contributed by atoms with Gasteiger partial charge in [0.1, 0.15) is 0 Å². The summed E-state index contributed by atoms with van der Waals surface area (Å²) >= 11 is 0. The van der Waals surface area contributed by atoms with Crippen molar-refractivity contribution in [3.8, 4) is 0 Å². The highest BCUT2D eigenvalue weighted by Crippen LogP contribution is 2.19. The van der Waals surface area contributed by atoms with Crippen molar-refractivity contribution < 1.29 is 0 Å². The molecule has 2 heterocycles. The summed E-state index contributed by atoms with van der Waals surface area (Å²) < 4.78 is 0. The summed E-state index contributed by atoms with van der Waals surface area (Å²) in [6.45, 7) is 9.49. The van der Waals surface area contributed by atoms with E-state index in [1.54, 1.807) is 0 Å². The molecule has 3 heteroatoms. The number of nitrogens with one attached hydrogen (secondary N) is 2. The summed E-state index contributed by atoms with van der Waals surface area (Å²) in [7, 11) is 0. The lowest BCUT2D eigenvalue weighted by Gasteiger charge is -2.30. The lowest BCUT2D eigenvalue weighted by atomic mass is 9.98. The van der Waals surface area contributed by atoms with Crippen molar-refractivity contribution in [2.75, 3.05) is 38.0 Å². The van der Waals surface area contributed by atoms with E-state index in [9.17, 15) is 0 Å². The molecule has 2 N–H and O–H groups in total. The van der Waals surface area contributed by atoms with E-state index in [1.807, 2.05) is 0 Å². The summed E-state index contributed by atoms with van der Waals surface area (Å²) in [6.07, 6.45) is 5.32. The Morgan fingerprint density at radius 2 is 1.73 bits per heavy atom. The van der Waals surface area contributed by atoms with Gasteiger partial charge in [0.05, 0.1) is 0 Å². The molecule has 3 rings (SSSR count). The lowest BCUT2D eigenvalue weighted by molar-refractivity contribution is 0.185. The minimum atomic E-state index is 0.830. The molecule has 0 aliphatic carbocycles. The standard InChI is InChI=1S/C19H31N3/c1-16-8-12-22(13-9-16)15-18-2-4-19(5-3-18)21-14-17-6-10-20-11-7-17/h2-5,16-17,20-21H,6-15H2,1H3. The largest absolute Gasteiger partial charge is 0.385 e. The van der Waals surface area contributed by atoms with E-state index in [1.165, 1.54) is 63.1 Å². The first kappa shape index (κ1) is 15.8. The number of benzene rings is 1. The van der Waals surface area contributed by atoms with Gasteiger partial charge >= 0.3 is 0 Å². The van der Waals surface area contributed by atoms with Crippen LogP contribution >= 0.6 is 0 Å². The lowest BCUT2D eigenvalue weighted by Crippen LogP contribution is -2.32. The average molecular weight is 301 g/mol. The van der Waals surface area contributed by atoms with Crippen molar-refractivity contribution in [1.29, 1.82) is 0 Å². The number of nitrogens with zero attached hydrogens (tertiary/aromatic N) is 1. The van der Waals surface area contributed by atoms with Crippen molar-refractivity contribution in [2.24, 2.45) is 11.8 Å². The predicted octanol–water partition coefficient (Wildman–Crippen LogP) is 3.33. The average Bonchev–Trinajstić information content (AvgIpc) is 2.57. The third kappa shape index (κ3) is 4.72. The van der Waals surface area contributed by atoms with Gasteiger partial charge in [0.25, 0.3) is 0 Å². The van der Waals surface area contributed by atoms with Crippen LogP contribution < -0.4 is 10.6 Å². The molecule has 0 unspecified atom stereocenters. The van der Waals surface area contributed by atoms with Crippen LogP contribution in [-0.4, -0.2) is 37.6 Å². The van der Waals surface area contributed by atoms with Gasteiger partial charge in [-0.05, 0) is 81.4 Å². The Labute approximate surface area is 135 Å². The first-order valence-electron chi connectivity index (χ1n) is 9.05. The highest BCUT2D eigenvalue weighted by atomic mass is 15.1. The van der Waals surface area contributed by atoms with Crippen molar-refractivity contribution in [1.82, 2.24) is 10.2 Å². The van der Waals surface area contributed by atoms with Crippen molar-refractivity contribution >= 4 is 5.69 Å². The second-order valence-electron chi connectivity index (χ2n) is 7.23. The zero-order valence-electron chi connectivity index (χ0n) is 14.0. The predicted molar refractivity (Wildman–Crippen MR) is 94.2 cm³/mol. The summed E-state index contributed by atoms with van der Waals surface area (Å²) in [4.78, 5) is 2.59. The molecule has 1 aromatic carbocycles. The third-order valence-electron chi connectivity index (χ3n) is 5.29. The molecule has 2 fully saturated rings. The number of hydrogen-bond donors (Lipinski definition) is 2. The van der Waals surface area contributed by atoms with Crippen LogP contribution in [0.5, 0.6) is 0 Å². The SMILES string of the molecule is CC1CCN(Cc2ccc(NCC3CCNCC3)cc2)CC1. The number of piperidine rings is 2. The summed E-state index contributed by atoms with van der Waals surface area (Å²) in [5.41, 5.74) is 2.72. The molecule has 0 spiro atoms. The zero-order valence-corrected chi connectivity index (χ0v) is 14.0. The van der Waals surface area contributed by atoms with Crippen LogP contribution in [0.4, 0.5) is 5.69 Å². The highest BCUT2D eigenvalue weighted by molar-refractivity contribution is 5.44. The minimum absolute atomic E-state index is 0.830. The van der Waals surface area contributed by atoms with Gasteiger partial charge in [-0.25, -0.2) is 0 Å². The summed E-state index contributed by atoms with van der Waals surface area (Å²) in [6, 6.07) is 9.09. The maximum absolute atomic E-state index is 3.61. The Balaban J connectivity index is 1.43. The summed E-state index contributed by atoms with van der Waals surface area (Å²) in [5, 5.41) is 7.04. The van der Waals surface area contributed by atoms with Crippen LogP contribution in [0.15, 0.2) is 24.3 Å². The van der Waals surface area contributed by atoms with Crippen LogP contribution in [-0.2, 0) is 6.54 Å². The number of rotatable bonds is 5. The van der Waals surface area contributed by atoms with Gasteiger partial charge < -0.3 is 10.6 Å². The molecule has 3 nitrogen and oxygen atoms in total. The molecule has 2 aliphatic heterocycles. The molecule has 0 saturated carbocycles. The molecule has 0 amide bonds.